The van der Waals surface area contributed by atoms with Gasteiger partial charge < -0.3 is 25.2 Å². The van der Waals surface area contributed by atoms with Crippen LogP contribution in [0.15, 0.2) is 0 Å². The van der Waals surface area contributed by atoms with Crippen LogP contribution in [0.5, 0.6) is 0 Å². The lowest BCUT2D eigenvalue weighted by molar-refractivity contribution is -0.144. The third kappa shape index (κ3) is 8.34. The lowest BCUT2D eigenvalue weighted by atomic mass is 9.88. The zero-order chi connectivity index (χ0) is 22.9. The number of rotatable bonds is 14. The van der Waals surface area contributed by atoms with Crippen LogP contribution in [0.25, 0.3) is 0 Å². The van der Waals surface area contributed by atoms with Gasteiger partial charge in [-0.05, 0) is 53.6 Å². The van der Waals surface area contributed by atoms with E-state index in [1.807, 2.05) is 0 Å². The number of hydrogen-bond donors (Lipinski definition) is 3. The van der Waals surface area contributed by atoms with Gasteiger partial charge in [-0.3, -0.25) is 14.5 Å². The fourth-order valence-electron chi connectivity index (χ4n) is 3.26. The topological polar surface area (TPSA) is 110 Å². The first-order chi connectivity index (χ1) is 13.3. The third-order valence-corrected chi connectivity index (χ3v) is 4.97. The van der Waals surface area contributed by atoms with Crippen molar-refractivity contribution in [1.82, 2.24) is 15.1 Å². The molecule has 8 heteroatoms. The summed E-state index contributed by atoms with van der Waals surface area (Å²) in [7, 11) is 4.57. The number of nitrogens with one attached hydrogen (secondary N) is 1. The Labute approximate surface area is 170 Å². The van der Waals surface area contributed by atoms with E-state index in [1.54, 1.807) is 27.8 Å². The highest BCUT2D eigenvalue weighted by Crippen LogP contribution is 2.21. The standard InChI is InChI=1S/C20H39N3O5/c1-13(9-8-10-14(2)25)18(23(7)20(28)16(4)21-5)19(27)17(12-24)22(6)11-15(3)26/h12-18,21,25-26H,8-11H2,1-7H3/t13-,14?,15?,16-,17+,18-/m0/s1/i17D. The summed E-state index contributed by atoms with van der Waals surface area (Å²) in [6.07, 6.45) is 0.694. The van der Waals surface area contributed by atoms with Crippen LogP contribution >= 0.6 is 0 Å². The minimum atomic E-state index is -2.22. The molecule has 0 aromatic rings. The number of aldehydes is 1. The Hall–Kier alpha value is -1.35. The molecule has 1 amide bonds. The molecule has 0 spiro atoms. The number of aliphatic hydroxyl groups excluding tert-OH is 2. The van der Waals surface area contributed by atoms with Gasteiger partial charge in [-0.1, -0.05) is 13.3 Å². The highest BCUT2D eigenvalue weighted by Gasteiger charge is 2.38. The van der Waals surface area contributed by atoms with Crippen molar-refractivity contribution in [2.45, 2.75) is 77.3 Å². The molecule has 0 heterocycles. The lowest BCUT2D eigenvalue weighted by Crippen LogP contribution is -2.57. The maximum Gasteiger partial charge on any atom is 0.239 e. The Balaban J connectivity index is 5.88. The number of hydrogen-bond acceptors (Lipinski definition) is 7. The molecule has 2 unspecified atom stereocenters. The second-order valence-electron chi connectivity index (χ2n) is 7.76. The maximum absolute atomic E-state index is 13.4. The van der Waals surface area contributed by atoms with Crippen LogP contribution < -0.4 is 5.32 Å². The molecular formula is C20H39N3O5. The summed E-state index contributed by atoms with van der Waals surface area (Å²) in [6, 6.07) is -3.75. The zero-order valence-corrected chi connectivity index (χ0v) is 18.3. The van der Waals surface area contributed by atoms with Crippen molar-refractivity contribution < 1.29 is 26.0 Å². The predicted octanol–water partition coefficient (Wildman–Crippen LogP) is 0.0577. The molecule has 0 saturated carbocycles. The number of Topliss-reactive ketones (excluding diaryl/α,β-unsaturated/α-hetero) is 1. The summed E-state index contributed by atoms with van der Waals surface area (Å²) in [5.41, 5.74) is 0. The van der Waals surface area contributed by atoms with Gasteiger partial charge in [0.1, 0.15) is 12.3 Å². The summed E-state index contributed by atoms with van der Waals surface area (Å²) in [6.45, 7) is 6.63. The fourth-order valence-corrected chi connectivity index (χ4v) is 3.26. The number of nitrogens with zero attached hydrogens (tertiary/aromatic N) is 2. The minimum absolute atomic E-state index is 0.0400. The number of ketones is 1. The Kier molecular flexibility index (Phi) is 11.4. The molecule has 0 aromatic heterocycles. The van der Waals surface area contributed by atoms with Crippen molar-refractivity contribution in [2.24, 2.45) is 5.92 Å². The molecule has 0 bridgehead atoms. The number of amides is 1. The molecule has 3 N–H and O–H groups in total. The van der Waals surface area contributed by atoms with Gasteiger partial charge in [0.15, 0.2) is 5.78 Å². The van der Waals surface area contributed by atoms with E-state index in [1.165, 1.54) is 30.8 Å². The van der Waals surface area contributed by atoms with E-state index in [4.69, 9.17) is 1.37 Å². The van der Waals surface area contributed by atoms with Gasteiger partial charge in [0.2, 0.25) is 5.91 Å². The van der Waals surface area contributed by atoms with Crippen molar-refractivity contribution in [1.29, 1.82) is 0 Å². The molecule has 0 aliphatic rings. The van der Waals surface area contributed by atoms with Gasteiger partial charge in [-0.25, -0.2) is 0 Å². The maximum atomic E-state index is 13.4. The Morgan fingerprint density at radius 2 is 1.68 bits per heavy atom. The van der Waals surface area contributed by atoms with E-state index in [-0.39, 0.29) is 24.7 Å². The Morgan fingerprint density at radius 3 is 2.11 bits per heavy atom. The van der Waals surface area contributed by atoms with Crippen molar-refractivity contribution in [2.75, 3.05) is 27.7 Å². The average Bonchev–Trinajstić information content (AvgIpc) is 2.64. The van der Waals surface area contributed by atoms with Gasteiger partial charge in [0, 0.05) is 13.6 Å². The first-order valence-electron chi connectivity index (χ1n) is 10.3. The summed E-state index contributed by atoms with van der Waals surface area (Å²) in [5.74, 6) is -1.36. The van der Waals surface area contributed by atoms with Crippen molar-refractivity contribution in [3.63, 3.8) is 0 Å². The van der Waals surface area contributed by atoms with Crippen molar-refractivity contribution in [3.8, 4) is 0 Å². The first kappa shape index (κ1) is 24.7. The van der Waals surface area contributed by atoms with Gasteiger partial charge >= 0.3 is 0 Å². The molecule has 0 saturated heterocycles. The van der Waals surface area contributed by atoms with E-state index < -0.39 is 36.1 Å². The van der Waals surface area contributed by atoms with Crippen LogP contribution in [0, 0.1) is 5.92 Å². The number of likely N-dealkylation sites (N-methyl/N-ethyl adjacent to an activating group) is 3. The highest BCUT2D eigenvalue weighted by molar-refractivity contribution is 6.02. The third-order valence-electron chi connectivity index (χ3n) is 4.97. The second-order valence-corrected chi connectivity index (χ2v) is 7.76. The van der Waals surface area contributed by atoms with Gasteiger partial charge in [0.05, 0.1) is 25.7 Å². The fraction of sp³-hybridized carbons (Fsp3) is 0.850. The molecule has 0 aromatic carbocycles. The van der Waals surface area contributed by atoms with E-state index >= 15 is 0 Å². The summed E-state index contributed by atoms with van der Waals surface area (Å²) < 4.78 is 8.53. The normalized spacial score (nSPS) is 19.7. The van der Waals surface area contributed by atoms with Crippen LogP contribution in [0.3, 0.4) is 0 Å². The van der Waals surface area contributed by atoms with Crippen LogP contribution in [-0.4, -0.2) is 96.0 Å². The van der Waals surface area contributed by atoms with Gasteiger partial charge in [-0.2, -0.15) is 0 Å². The Bertz CT molecular complexity index is 546. The average molecular weight is 403 g/mol. The van der Waals surface area contributed by atoms with E-state index in [0.717, 1.165) is 0 Å². The smallest absolute Gasteiger partial charge is 0.239 e. The van der Waals surface area contributed by atoms with Crippen LogP contribution in [0.2, 0.25) is 0 Å². The van der Waals surface area contributed by atoms with Crippen molar-refractivity contribution >= 4 is 18.0 Å². The van der Waals surface area contributed by atoms with Gasteiger partial charge in [0.25, 0.3) is 0 Å². The monoisotopic (exact) mass is 402 g/mol. The molecule has 6 atom stereocenters. The number of carbonyl (C=O) groups excluding carboxylic acids is 3. The van der Waals surface area contributed by atoms with Crippen LogP contribution in [0.4, 0.5) is 0 Å². The van der Waals surface area contributed by atoms with Gasteiger partial charge in [-0.15, -0.1) is 0 Å². The first-order valence-corrected chi connectivity index (χ1v) is 9.85. The zero-order valence-electron chi connectivity index (χ0n) is 19.3. The lowest BCUT2D eigenvalue weighted by Gasteiger charge is -2.36. The minimum Gasteiger partial charge on any atom is -0.393 e. The summed E-state index contributed by atoms with van der Waals surface area (Å²) >= 11 is 0. The van der Waals surface area contributed by atoms with Crippen LogP contribution in [0.1, 0.15) is 48.3 Å². The quantitative estimate of drug-likeness (QED) is 0.278. The molecular weight excluding hydrogens is 362 g/mol. The van der Waals surface area contributed by atoms with E-state index in [9.17, 15) is 24.6 Å². The molecule has 28 heavy (non-hydrogen) atoms. The van der Waals surface area contributed by atoms with E-state index in [0.29, 0.717) is 19.3 Å². The number of carbonyl (C=O) groups is 3. The van der Waals surface area contributed by atoms with Crippen molar-refractivity contribution in [3.05, 3.63) is 0 Å². The Morgan fingerprint density at radius 1 is 1.11 bits per heavy atom. The molecule has 0 radical (unpaired) electrons. The molecule has 164 valence electrons. The predicted molar refractivity (Wildman–Crippen MR) is 109 cm³/mol. The largest absolute Gasteiger partial charge is 0.393 e. The molecule has 0 aliphatic heterocycles. The van der Waals surface area contributed by atoms with Crippen LogP contribution in [-0.2, 0) is 14.4 Å². The highest BCUT2D eigenvalue weighted by atomic mass is 16.3. The molecule has 0 fully saturated rings. The molecule has 0 rings (SSSR count). The van der Waals surface area contributed by atoms with E-state index in [2.05, 4.69) is 5.32 Å². The molecule has 8 nitrogen and oxygen atoms in total. The summed E-state index contributed by atoms with van der Waals surface area (Å²) in [4.78, 5) is 40.5. The summed E-state index contributed by atoms with van der Waals surface area (Å²) in [5, 5.41) is 22.0. The number of aliphatic hydroxyl groups is 2. The SMILES string of the molecule is [2H][C@@](C=O)(C(=O)[C@H]([C@@H](C)CCCC(C)O)N(C)C(=O)[C@H](C)NC)N(C)CC(C)O. The second kappa shape index (κ2) is 13.0. The molecule has 0 aliphatic carbocycles.